The number of hydrogen-bond donors (Lipinski definition) is 1. The monoisotopic (exact) mass is 535 g/mol. The zero-order valence-corrected chi connectivity index (χ0v) is 23.7. The normalized spacial score (nSPS) is 12.2. The molecule has 0 fully saturated rings. The van der Waals surface area contributed by atoms with Crippen molar-refractivity contribution in [1.82, 2.24) is 10.2 Å². The van der Waals surface area contributed by atoms with Gasteiger partial charge in [0.15, 0.2) is 0 Å². The van der Waals surface area contributed by atoms with Gasteiger partial charge in [0.05, 0.1) is 10.6 Å². The van der Waals surface area contributed by atoms with Crippen molar-refractivity contribution in [3.8, 4) is 0 Å². The third-order valence-electron chi connectivity index (χ3n) is 6.30. The van der Waals surface area contributed by atoms with Gasteiger partial charge in [-0.25, -0.2) is 8.42 Å². The first-order valence-electron chi connectivity index (χ1n) is 12.7. The maximum atomic E-state index is 13.9. The van der Waals surface area contributed by atoms with Crippen molar-refractivity contribution in [2.45, 2.75) is 65.1 Å². The SMILES string of the molecule is Cc1ccc(CN(C(=O)CN(c2ccc(C)cc2C)S(=O)(=O)c2ccccc2)C(C)C(=O)NC(C)C)cc1. The Bertz CT molecular complexity index is 1370. The molecule has 0 aliphatic carbocycles. The summed E-state index contributed by atoms with van der Waals surface area (Å²) in [7, 11) is -4.08. The van der Waals surface area contributed by atoms with Gasteiger partial charge in [0.1, 0.15) is 12.6 Å². The molecule has 7 nitrogen and oxygen atoms in total. The fourth-order valence-corrected chi connectivity index (χ4v) is 5.70. The second kappa shape index (κ2) is 12.3. The molecule has 3 aromatic carbocycles. The zero-order chi connectivity index (χ0) is 28.0. The second-order valence-electron chi connectivity index (χ2n) is 9.96. The highest BCUT2D eigenvalue weighted by Gasteiger charge is 2.33. The van der Waals surface area contributed by atoms with Crippen LogP contribution in [0.15, 0.2) is 77.7 Å². The summed E-state index contributed by atoms with van der Waals surface area (Å²) in [6.45, 7) is 10.8. The number of hydrogen-bond acceptors (Lipinski definition) is 4. The van der Waals surface area contributed by atoms with Gasteiger partial charge in [-0.2, -0.15) is 0 Å². The maximum absolute atomic E-state index is 13.9. The lowest BCUT2D eigenvalue weighted by atomic mass is 10.1. The van der Waals surface area contributed by atoms with Crippen LogP contribution in [0.1, 0.15) is 43.0 Å². The van der Waals surface area contributed by atoms with Gasteiger partial charge in [0.25, 0.3) is 10.0 Å². The van der Waals surface area contributed by atoms with E-state index in [1.807, 2.05) is 71.0 Å². The smallest absolute Gasteiger partial charge is 0.264 e. The van der Waals surface area contributed by atoms with Crippen LogP contribution in [0, 0.1) is 20.8 Å². The minimum Gasteiger partial charge on any atom is -0.352 e. The number of anilines is 1. The Labute approximate surface area is 226 Å². The minimum atomic E-state index is -4.08. The number of rotatable bonds is 10. The van der Waals surface area contributed by atoms with Gasteiger partial charge < -0.3 is 10.2 Å². The van der Waals surface area contributed by atoms with Gasteiger partial charge in [-0.1, -0.05) is 65.7 Å². The molecule has 0 radical (unpaired) electrons. The van der Waals surface area contributed by atoms with Crippen molar-refractivity contribution in [2.24, 2.45) is 0 Å². The molecule has 0 spiro atoms. The number of sulfonamides is 1. The van der Waals surface area contributed by atoms with E-state index in [9.17, 15) is 18.0 Å². The Morgan fingerprint density at radius 1 is 0.842 bits per heavy atom. The zero-order valence-electron chi connectivity index (χ0n) is 22.9. The Balaban J connectivity index is 2.05. The molecular formula is C30H37N3O4S. The van der Waals surface area contributed by atoms with E-state index in [0.717, 1.165) is 26.6 Å². The average Bonchev–Trinajstić information content (AvgIpc) is 2.87. The molecule has 8 heteroatoms. The van der Waals surface area contributed by atoms with E-state index in [-0.39, 0.29) is 23.4 Å². The predicted molar refractivity (Wildman–Crippen MR) is 151 cm³/mol. The molecule has 2 amide bonds. The molecule has 3 rings (SSSR count). The van der Waals surface area contributed by atoms with Crippen molar-refractivity contribution in [3.05, 3.63) is 95.1 Å². The number of carbonyl (C=O) groups is 2. The number of carbonyl (C=O) groups excluding carboxylic acids is 2. The summed E-state index contributed by atoms with van der Waals surface area (Å²) in [6, 6.07) is 20.3. The highest BCUT2D eigenvalue weighted by molar-refractivity contribution is 7.92. The summed E-state index contributed by atoms with van der Waals surface area (Å²) >= 11 is 0. The van der Waals surface area contributed by atoms with Crippen LogP contribution < -0.4 is 9.62 Å². The Morgan fingerprint density at radius 3 is 2.03 bits per heavy atom. The molecule has 38 heavy (non-hydrogen) atoms. The molecule has 0 saturated carbocycles. The lowest BCUT2D eigenvalue weighted by molar-refractivity contribution is -0.139. The van der Waals surface area contributed by atoms with Crippen LogP contribution in [0.3, 0.4) is 0 Å². The van der Waals surface area contributed by atoms with E-state index in [2.05, 4.69) is 5.32 Å². The molecule has 0 saturated heterocycles. The number of aryl methyl sites for hydroxylation is 3. The minimum absolute atomic E-state index is 0.0865. The van der Waals surface area contributed by atoms with Gasteiger partial charge in [0.2, 0.25) is 11.8 Å². The van der Waals surface area contributed by atoms with Gasteiger partial charge in [-0.3, -0.25) is 13.9 Å². The van der Waals surface area contributed by atoms with Crippen molar-refractivity contribution < 1.29 is 18.0 Å². The summed E-state index contributed by atoms with van der Waals surface area (Å²) in [4.78, 5) is 28.4. The molecule has 0 aliphatic rings. The van der Waals surface area contributed by atoms with E-state index in [1.165, 1.54) is 17.0 Å². The maximum Gasteiger partial charge on any atom is 0.264 e. The molecule has 1 unspecified atom stereocenters. The third-order valence-corrected chi connectivity index (χ3v) is 8.08. The lowest BCUT2D eigenvalue weighted by Gasteiger charge is -2.32. The average molecular weight is 536 g/mol. The second-order valence-corrected chi connectivity index (χ2v) is 11.8. The van der Waals surface area contributed by atoms with E-state index in [0.29, 0.717) is 5.69 Å². The molecule has 0 aromatic heterocycles. The molecule has 202 valence electrons. The van der Waals surface area contributed by atoms with E-state index in [1.54, 1.807) is 31.2 Å². The molecule has 3 aromatic rings. The predicted octanol–water partition coefficient (Wildman–Crippen LogP) is 4.75. The van der Waals surface area contributed by atoms with Crippen molar-refractivity contribution >= 4 is 27.5 Å². The first kappa shape index (κ1) is 28.9. The molecule has 0 aliphatic heterocycles. The third kappa shape index (κ3) is 7.01. The standard InChI is InChI=1S/C30H37N3O4S/c1-21(2)31-30(35)25(6)32(19-26-15-12-22(3)13-16-26)29(34)20-33(28-17-14-23(4)18-24(28)5)38(36,37)27-10-8-7-9-11-27/h7-18,21,25H,19-20H2,1-6H3,(H,31,35). The lowest BCUT2D eigenvalue weighted by Crippen LogP contribution is -2.52. The number of amides is 2. The van der Waals surface area contributed by atoms with Gasteiger partial charge in [-0.05, 0) is 70.9 Å². The summed E-state index contributed by atoms with van der Waals surface area (Å²) in [5.74, 6) is -0.777. The summed E-state index contributed by atoms with van der Waals surface area (Å²) in [5, 5.41) is 2.86. The highest BCUT2D eigenvalue weighted by Crippen LogP contribution is 2.28. The van der Waals surface area contributed by atoms with Gasteiger partial charge in [-0.15, -0.1) is 0 Å². The quantitative estimate of drug-likeness (QED) is 0.406. The highest BCUT2D eigenvalue weighted by atomic mass is 32.2. The summed E-state index contributed by atoms with van der Waals surface area (Å²) in [6.07, 6.45) is 0. The first-order chi connectivity index (χ1) is 17.9. The van der Waals surface area contributed by atoms with Gasteiger partial charge in [0, 0.05) is 12.6 Å². The molecule has 1 atom stereocenters. The molecule has 1 N–H and O–H groups in total. The molecule has 0 heterocycles. The van der Waals surface area contributed by atoms with Crippen LogP contribution in [0.2, 0.25) is 0 Å². The van der Waals surface area contributed by atoms with Gasteiger partial charge >= 0.3 is 0 Å². The molecule has 0 bridgehead atoms. The number of nitrogens with zero attached hydrogens (tertiary/aromatic N) is 2. The fourth-order valence-electron chi connectivity index (χ4n) is 4.20. The van der Waals surface area contributed by atoms with Crippen LogP contribution in [0.5, 0.6) is 0 Å². The van der Waals surface area contributed by atoms with Crippen LogP contribution >= 0.6 is 0 Å². The topological polar surface area (TPSA) is 86.8 Å². The number of nitrogens with one attached hydrogen (secondary N) is 1. The summed E-state index contributed by atoms with van der Waals surface area (Å²) < 4.78 is 28.8. The van der Waals surface area contributed by atoms with Crippen LogP contribution in [-0.4, -0.2) is 43.8 Å². The largest absolute Gasteiger partial charge is 0.352 e. The number of benzene rings is 3. The fraction of sp³-hybridized carbons (Fsp3) is 0.333. The van der Waals surface area contributed by atoms with Crippen molar-refractivity contribution in [1.29, 1.82) is 0 Å². The van der Waals surface area contributed by atoms with E-state index in [4.69, 9.17) is 0 Å². The van der Waals surface area contributed by atoms with Crippen LogP contribution in [0.25, 0.3) is 0 Å². The van der Waals surface area contributed by atoms with Crippen molar-refractivity contribution in [3.63, 3.8) is 0 Å². The molecular weight excluding hydrogens is 498 g/mol. The first-order valence-corrected chi connectivity index (χ1v) is 14.1. The van der Waals surface area contributed by atoms with E-state index < -0.39 is 28.5 Å². The summed E-state index contributed by atoms with van der Waals surface area (Å²) in [5.41, 5.74) is 4.05. The van der Waals surface area contributed by atoms with Crippen molar-refractivity contribution in [2.75, 3.05) is 10.8 Å². The van der Waals surface area contributed by atoms with Crippen LogP contribution in [0.4, 0.5) is 5.69 Å². The van der Waals surface area contributed by atoms with E-state index >= 15 is 0 Å². The Morgan fingerprint density at radius 2 is 1.45 bits per heavy atom. The Hall–Kier alpha value is -3.65. The van der Waals surface area contributed by atoms with Crippen LogP contribution in [-0.2, 0) is 26.2 Å². The Kier molecular flexibility index (Phi) is 9.33.